The van der Waals surface area contributed by atoms with Gasteiger partial charge < -0.3 is 29.8 Å². The second-order valence-electron chi connectivity index (χ2n) is 27.8. The van der Waals surface area contributed by atoms with Crippen molar-refractivity contribution in [3.63, 3.8) is 0 Å². The molecule has 82 heavy (non-hydrogen) atoms. The molecular weight excluding hydrogens is 1030 g/mol. The molecule has 0 saturated carbocycles. The number of aliphatic carboxylic acids is 1. The number of carboxylic acids is 1. The molecule has 1 unspecified atom stereocenters. The number of carboxylic acid groups (broad SMARTS) is 1. The van der Waals surface area contributed by atoms with Crippen molar-refractivity contribution in [3.05, 3.63) is 22.3 Å². The van der Waals surface area contributed by atoms with E-state index in [9.17, 15) is 13.2 Å². The van der Waals surface area contributed by atoms with Crippen LogP contribution in [0, 0.1) is 0 Å². The molecule has 0 amide bonds. The lowest BCUT2D eigenvalue weighted by Gasteiger charge is -2.52. The van der Waals surface area contributed by atoms with Gasteiger partial charge in [0.15, 0.2) is 0 Å². The molecule has 0 bridgehead atoms. The average molecular weight is 1050 g/mol. The largest absolute Gasteiger partial charge is 0.542 e. The van der Waals surface area contributed by atoms with Crippen LogP contribution >= 0.6 is 0 Å². The number of rotatable bonds is 10. The van der Waals surface area contributed by atoms with Crippen LogP contribution in [-0.4, -0.2) is 82.9 Å². The highest BCUT2D eigenvalue weighted by Gasteiger charge is 2.76. The summed E-state index contributed by atoms with van der Waals surface area (Å²) in [6.07, 6.45) is -5.19. The molecule has 1 fully saturated rings. The number of nitrogens with zero attached hydrogens (tertiary/aromatic N) is 1. The maximum absolute atomic E-state index is 10.5. The quantitative estimate of drug-likeness (QED) is 0.108. The summed E-state index contributed by atoms with van der Waals surface area (Å²) in [5, 5.41) is 98.1. The van der Waals surface area contributed by atoms with E-state index in [1.807, 2.05) is 0 Å². The SMILES string of the molecule is COCCOCCOCC1N(CC[NH3+])CC23c4c5c6c7c8c9c(c%10c%11c2c2c4c4c%12c5c5c6c6c8c8c%13c9c9c%10c%10c%11c%11c2c2c4c4c%12c%12c5c5c6c8c6c8c%13c9c9c%10c%10c%11c2c2c4c4c%12c5c6c5c8c9c%10c2c45)C713.O=C([O-])C(F)(F)F. The summed E-state index contributed by atoms with van der Waals surface area (Å²) in [5.41, 5.74) is 11.0. The first kappa shape index (κ1) is 36.1. The first-order chi connectivity index (χ1) is 40.3. The number of carbonyl (C=O) groups is 1. The van der Waals surface area contributed by atoms with Crippen molar-refractivity contribution >= 4 is 297 Å². The van der Waals surface area contributed by atoms with Crippen molar-refractivity contribution in [1.29, 1.82) is 0 Å². The van der Waals surface area contributed by atoms with E-state index >= 15 is 0 Å². The van der Waals surface area contributed by atoms with Crippen LogP contribution in [0.4, 0.5) is 13.2 Å². The minimum absolute atomic E-state index is 0.119. The zero-order valence-corrected chi connectivity index (χ0v) is 42.6. The highest BCUT2D eigenvalue weighted by atomic mass is 19.4. The predicted molar refractivity (Wildman–Crippen MR) is 322 cm³/mol. The number of alkyl halides is 3. The molecule has 1 saturated heterocycles. The zero-order valence-electron chi connectivity index (χ0n) is 42.6. The molecule has 372 valence electrons. The fourth-order valence-corrected chi connectivity index (χ4v) is 26.3. The lowest BCUT2D eigenvalue weighted by atomic mass is 9.48. The van der Waals surface area contributed by atoms with Gasteiger partial charge in [-0.25, -0.2) is 0 Å². The van der Waals surface area contributed by atoms with E-state index in [0.29, 0.717) is 33.0 Å². The van der Waals surface area contributed by atoms with Gasteiger partial charge in [0.05, 0.1) is 50.4 Å². The van der Waals surface area contributed by atoms with Gasteiger partial charge >= 0.3 is 6.18 Å². The van der Waals surface area contributed by atoms with Crippen molar-refractivity contribution in [2.45, 2.75) is 23.0 Å². The predicted octanol–water partition coefficient (Wildman–Crippen LogP) is 14.2. The van der Waals surface area contributed by atoms with Crippen LogP contribution < -0.4 is 10.8 Å². The van der Waals surface area contributed by atoms with Gasteiger partial charge in [0.25, 0.3) is 0 Å². The number of quaternary nitrogens is 1. The smallest absolute Gasteiger partial charge is 0.430 e. The van der Waals surface area contributed by atoms with Gasteiger partial charge in [0.2, 0.25) is 0 Å². The molecule has 3 N–H and O–H groups in total. The molecule has 28 aromatic rings. The molecule has 0 aromatic heterocycles. The number of carbonyl (C=O) groups excluding carboxylic acids is 1. The van der Waals surface area contributed by atoms with Crippen molar-refractivity contribution < 1.29 is 43.0 Å². The molecular formula is C72H23F3N2O5. The van der Waals surface area contributed by atoms with E-state index in [1.165, 1.54) is 0 Å². The third-order valence-corrected chi connectivity index (χ3v) is 26.7. The third kappa shape index (κ3) is 2.25. The van der Waals surface area contributed by atoms with Gasteiger partial charge in [-0.2, -0.15) is 13.2 Å². The summed E-state index contributed by atoms with van der Waals surface area (Å²) in [4.78, 5) is 11.8. The fraction of sp³-hybridized carbons (Fsp3) is 0.181. The number of hydrogen-bond acceptors (Lipinski definition) is 6. The Bertz CT molecular complexity index is 7300. The number of benzene rings is 18. The Balaban J connectivity index is 0.000000533. The summed E-state index contributed by atoms with van der Waals surface area (Å²) in [6, 6.07) is 0.119. The van der Waals surface area contributed by atoms with Crippen LogP contribution in [0.2, 0.25) is 0 Å². The maximum atomic E-state index is 10.5. The van der Waals surface area contributed by atoms with Gasteiger partial charge in [0.1, 0.15) is 5.97 Å². The van der Waals surface area contributed by atoms with Crippen LogP contribution in [0.1, 0.15) is 22.3 Å². The summed E-state index contributed by atoms with van der Waals surface area (Å²) in [7, 11) is 1.76. The monoisotopic (exact) mass is 1050 g/mol. The number of halogens is 3. The molecule has 4 aliphatic carbocycles. The number of ether oxygens (including phenoxy) is 3. The standard InChI is InChI=1S/C70H22N2O3.C2HF3O2/c1-73-4-5-74-6-7-75-8-10-70-67-61-55-45-33-25-17-13-11-12-15-19(17)27(33)37-31-23(15)24-16(12)20-18-14(11)22-21(13)29-35(25)43-49-39(29)40-30(22)36-26(18)34-28(20)38-32(24)42-41(31)53(47(37)55)63(67)64-54(42)48(38)56-46(34)52-44(36)50(40)58-57(49)65(59(61)51(43)45)69(70,9-72(10)3-2-71)66(58)60(52)62(56)68(64)70;3-2(4,5)1(6)7/h10H,2-9,71H2,1H3;(H,6,7). The maximum Gasteiger partial charge on any atom is 0.430 e. The number of likely N-dealkylation sites (tertiary alicyclic amines) is 1. The van der Waals surface area contributed by atoms with Gasteiger partial charge in [-0.05, 0) is 313 Å². The molecule has 33 rings (SSSR count). The molecule has 10 heteroatoms. The van der Waals surface area contributed by atoms with Gasteiger partial charge in [-0.3, -0.25) is 4.90 Å². The van der Waals surface area contributed by atoms with E-state index in [2.05, 4.69) is 4.90 Å². The van der Waals surface area contributed by atoms with E-state index in [0.717, 1.165) is 19.6 Å². The molecule has 2 spiro atoms. The molecule has 0 radical (unpaired) electrons. The highest BCUT2D eigenvalue weighted by molar-refractivity contribution is 6.82. The van der Waals surface area contributed by atoms with Crippen molar-refractivity contribution in [1.82, 2.24) is 4.90 Å². The Morgan fingerprint density at radius 1 is 0.415 bits per heavy atom. The number of methoxy groups -OCH3 is 1. The minimum Gasteiger partial charge on any atom is -0.542 e. The summed E-state index contributed by atoms with van der Waals surface area (Å²) in [5.74, 6) is -3.01. The first-order valence-electron chi connectivity index (χ1n) is 29.5. The Kier molecular flexibility index (Phi) is 3.94. The Morgan fingerprint density at radius 2 is 0.634 bits per heavy atom. The normalized spacial score (nSPS) is 22.2. The van der Waals surface area contributed by atoms with Crippen LogP contribution in [0.15, 0.2) is 0 Å². The average Bonchev–Trinajstić information content (AvgIpc) is 1.40. The van der Waals surface area contributed by atoms with E-state index in [1.54, 1.807) is 320 Å². The van der Waals surface area contributed by atoms with Gasteiger partial charge in [-0.15, -0.1) is 0 Å². The van der Waals surface area contributed by atoms with Crippen molar-refractivity contribution in [2.75, 3.05) is 59.8 Å². The molecule has 1 heterocycles. The summed E-state index contributed by atoms with van der Waals surface area (Å²) in [6.45, 7) is 5.88. The van der Waals surface area contributed by atoms with Crippen molar-refractivity contribution in [2.24, 2.45) is 0 Å². The molecule has 1 aliphatic heterocycles. The molecule has 1 atom stereocenters. The Morgan fingerprint density at radius 3 is 0.866 bits per heavy atom. The summed E-state index contributed by atoms with van der Waals surface area (Å²) >= 11 is 0. The molecule has 7 nitrogen and oxygen atoms in total. The second kappa shape index (κ2) is 8.96. The second-order valence-corrected chi connectivity index (χ2v) is 27.8. The number of hydrogen-bond donors (Lipinski definition) is 1. The van der Waals surface area contributed by atoms with Gasteiger partial charge in [-0.1, -0.05) is 0 Å². The fourth-order valence-electron chi connectivity index (χ4n) is 26.3. The van der Waals surface area contributed by atoms with Crippen LogP contribution in [-0.2, 0) is 29.8 Å². The van der Waals surface area contributed by atoms with Crippen LogP contribution in [0.3, 0.4) is 0 Å². The van der Waals surface area contributed by atoms with Crippen LogP contribution in [0.5, 0.6) is 0 Å². The van der Waals surface area contributed by atoms with E-state index in [-0.39, 0.29) is 16.9 Å². The Labute approximate surface area is 447 Å². The lowest BCUT2D eigenvalue weighted by Crippen LogP contribution is -2.58. The van der Waals surface area contributed by atoms with Crippen molar-refractivity contribution in [3.8, 4) is 0 Å². The topological polar surface area (TPSA) is 98.7 Å². The summed E-state index contributed by atoms with van der Waals surface area (Å²) < 4.78 is 50.4. The molecule has 28 aromatic carbocycles. The minimum atomic E-state index is -5.19. The first-order valence-corrected chi connectivity index (χ1v) is 29.5. The Hall–Kier alpha value is -8.48. The van der Waals surface area contributed by atoms with E-state index in [4.69, 9.17) is 29.8 Å². The lowest BCUT2D eigenvalue weighted by molar-refractivity contribution is -0.369. The highest BCUT2D eigenvalue weighted by Crippen LogP contribution is 2.86. The molecule has 5 aliphatic rings. The van der Waals surface area contributed by atoms with Gasteiger partial charge in [0, 0.05) is 26.2 Å². The third-order valence-electron chi connectivity index (χ3n) is 26.7. The van der Waals surface area contributed by atoms with Crippen LogP contribution in [0.25, 0.3) is 291 Å². The zero-order chi connectivity index (χ0) is 51.5. The van der Waals surface area contributed by atoms with E-state index < -0.39 is 12.1 Å².